The number of nitrogens with zero attached hydrogens (tertiary/aromatic N) is 1. The van der Waals surface area contributed by atoms with Gasteiger partial charge in [-0.2, -0.15) is 0 Å². The largest absolute Gasteiger partial charge is 0.312 e. The van der Waals surface area contributed by atoms with Gasteiger partial charge >= 0.3 is 0 Å². The average Bonchev–Trinajstić information content (AvgIpc) is 2.84. The van der Waals surface area contributed by atoms with E-state index in [9.17, 15) is 0 Å². The van der Waals surface area contributed by atoms with E-state index in [0.29, 0.717) is 5.41 Å². The maximum Gasteiger partial charge on any atom is 0.0207 e. The van der Waals surface area contributed by atoms with Gasteiger partial charge in [0.15, 0.2) is 0 Å². The molecule has 94 valence electrons. The van der Waals surface area contributed by atoms with Crippen LogP contribution in [0.1, 0.15) is 52.9 Å². The van der Waals surface area contributed by atoms with E-state index in [1.165, 1.54) is 45.2 Å². The maximum atomic E-state index is 3.73. The molecular formula is C14H28N2. The normalized spacial score (nSPS) is 29.1. The lowest BCUT2D eigenvalue weighted by atomic mass is 9.96. The molecule has 0 bridgehead atoms. The summed E-state index contributed by atoms with van der Waals surface area (Å²) >= 11 is 0. The summed E-state index contributed by atoms with van der Waals surface area (Å²) in [5, 5.41) is 3.73. The third-order valence-corrected chi connectivity index (χ3v) is 3.98. The van der Waals surface area contributed by atoms with Gasteiger partial charge in [-0.1, -0.05) is 33.6 Å². The van der Waals surface area contributed by atoms with Gasteiger partial charge in [0.05, 0.1) is 0 Å². The van der Waals surface area contributed by atoms with E-state index in [4.69, 9.17) is 0 Å². The Labute approximate surface area is 101 Å². The number of nitrogens with one attached hydrogen (secondary N) is 1. The minimum atomic E-state index is 0.417. The molecule has 1 aliphatic carbocycles. The van der Waals surface area contributed by atoms with Gasteiger partial charge in [0, 0.05) is 31.7 Å². The molecule has 0 radical (unpaired) electrons. The summed E-state index contributed by atoms with van der Waals surface area (Å²) in [6.07, 6.45) is 7.17. The Bertz CT molecular complexity index is 213. The molecule has 0 aromatic rings. The Morgan fingerprint density at radius 1 is 1.12 bits per heavy atom. The predicted molar refractivity (Wildman–Crippen MR) is 69.7 cm³/mol. The topological polar surface area (TPSA) is 15.3 Å². The first-order valence-corrected chi connectivity index (χ1v) is 7.02. The highest BCUT2D eigenvalue weighted by Gasteiger charge is 2.29. The third kappa shape index (κ3) is 3.46. The van der Waals surface area contributed by atoms with Crippen LogP contribution in [-0.2, 0) is 0 Å². The van der Waals surface area contributed by atoms with Gasteiger partial charge in [-0.05, 0) is 24.7 Å². The standard InChI is InChI=1S/C14H28N2/c1-14(2,3)11-15-12-8-9-16(10-12)13-6-4-5-7-13/h12-13,15H,4-11H2,1-3H3. The monoisotopic (exact) mass is 224 g/mol. The first kappa shape index (κ1) is 12.4. The minimum absolute atomic E-state index is 0.417. The second-order valence-electron chi connectivity index (χ2n) is 6.86. The first-order valence-electron chi connectivity index (χ1n) is 7.02. The van der Waals surface area contributed by atoms with Gasteiger partial charge in [0.1, 0.15) is 0 Å². The highest BCUT2D eigenvalue weighted by Crippen LogP contribution is 2.26. The van der Waals surface area contributed by atoms with E-state index in [-0.39, 0.29) is 0 Å². The lowest BCUT2D eigenvalue weighted by molar-refractivity contribution is 0.237. The van der Waals surface area contributed by atoms with Crippen molar-refractivity contribution in [1.82, 2.24) is 10.2 Å². The summed E-state index contributed by atoms with van der Waals surface area (Å²) < 4.78 is 0. The van der Waals surface area contributed by atoms with Crippen LogP contribution in [-0.4, -0.2) is 36.6 Å². The number of hydrogen-bond donors (Lipinski definition) is 1. The van der Waals surface area contributed by atoms with Crippen molar-refractivity contribution in [3.63, 3.8) is 0 Å². The molecule has 16 heavy (non-hydrogen) atoms. The van der Waals surface area contributed by atoms with Crippen LogP contribution in [0.25, 0.3) is 0 Å². The van der Waals surface area contributed by atoms with Crippen LogP contribution in [0.4, 0.5) is 0 Å². The molecule has 2 heteroatoms. The highest BCUT2D eigenvalue weighted by atomic mass is 15.2. The Kier molecular flexibility index (Phi) is 3.91. The van der Waals surface area contributed by atoms with Crippen molar-refractivity contribution >= 4 is 0 Å². The van der Waals surface area contributed by atoms with Crippen LogP contribution in [0.5, 0.6) is 0 Å². The Morgan fingerprint density at radius 2 is 1.81 bits per heavy atom. The summed E-state index contributed by atoms with van der Waals surface area (Å²) in [5.41, 5.74) is 0.417. The predicted octanol–water partition coefficient (Wildman–Crippen LogP) is 2.64. The second-order valence-corrected chi connectivity index (χ2v) is 6.86. The lowest BCUT2D eigenvalue weighted by Gasteiger charge is -2.25. The van der Waals surface area contributed by atoms with E-state index >= 15 is 0 Å². The summed E-state index contributed by atoms with van der Waals surface area (Å²) in [6.45, 7) is 10.7. The molecule has 0 amide bonds. The Morgan fingerprint density at radius 3 is 2.44 bits per heavy atom. The fraction of sp³-hybridized carbons (Fsp3) is 1.00. The quantitative estimate of drug-likeness (QED) is 0.793. The van der Waals surface area contributed by atoms with E-state index in [1.807, 2.05) is 0 Å². The molecule has 1 atom stereocenters. The maximum absolute atomic E-state index is 3.73. The van der Waals surface area contributed by atoms with E-state index < -0.39 is 0 Å². The molecule has 2 fully saturated rings. The van der Waals surface area contributed by atoms with Crippen molar-refractivity contribution in [1.29, 1.82) is 0 Å². The van der Waals surface area contributed by atoms with Crippen molar-refractivity contribution in [3.8, 4) is 0 Å². The molecule has 1 saturated heterocycles. The van der Waals surface area contributed by atoms with Crippen molar-refractivity contribution < 1.29 is 0 Å². The minimum Gasteiger partial charge on any atom is -0.312 e. The molecule has 2 rings (SSSR count). The molecule has 0 spiro atoms. The summed E-state index contributed by atoms with van der Waals surface area (Å²) in [5.74, 6) is 0. The molecule has 1 saturated carbocycles. The fourth-order valence-corrected chi connectivity index (χ4v) is 3.01. The van der Waals surface area contributed by atoms with Gasteiger partial charge < -0.3 is 5.32 Å². The number of likely N-dealkylation sites (tertiary alicyclic amines) is 1. The Hall–Kier alpha value is -0.0800. The second kappa shape index (κ2) is 5.05. The van der Waals surface area contributed by atoms with Crippen LogP contribution in [0.15, 0.2) is 0 Å². The van der Waals surface area contributed by atoms with Gasteiger partial charge in [-0.15, -0.1) is 0 Å². The third-order valence-electron chi connectivity index (χ3n) is 3.98. The molecule has 2 aliphatic rings. The van der Waals surface area contributed by atoms with Crippen molar-refractivity contribution in [2.45, 2.75) is 65.0 Å². The molecular weight excluding hydrogens is 196 g/mol. The van der Waals surface area contributed by atoms with E-state index in [1.54, 1.807) is 0 Å². The fourth-order valence-electron chi connectivity index (χ4n) is 3.01. The summed E-state index contributed by atoms with van der Waals surface area (Å²) in [6, 6.07) is 1.67. The molecule has 2 nitrogen and oxygen atoms in total. The SMILES string of the molecule is CC(C)(C)CNC1CCN(C2CCCC2)C1. The smallest absolute Gasteiger partial charge is 0.0207 e. The van der Waals surface area contributed by atoms with Crippen molar-refractivity contribution in [3.05, 3.63) is 0 Å². The molecule has 1 unspecified atom stereocenters. The Balaban J connectivity index is 1.71. The van der Waals surface area contributed by atoms with Crippen LogP contribution in [0.3, 0.4) is 0 Å². The van der Waals surface area contributed by atoms with Gasteiger partial charge in [-0.25, -0.2) is 0 Å². The first-order chi connectivity index (χ1) is 7.54. The van der Waals surface area contributed by atoms with Gasteiger partial charge in [-0.3, -0.25) is 4.90 Å². The van der Waals surface area contributed by atoms with Crippen LogP contribution >= 0.6 is 0 Å². The lowest BCUT2D eigenvalue weighted by Crippen LogP contribution is -2.39. The van der Waals surface area contributed by atoms with Gasteiger partial charge in [0.2, 0.25) is 0 Å². The summed E-state index contributed by atoms with van der Waals surface area (Å²) in [7, 11) is 0. The highest BCUT2D eigenvalue weighted by molar-refractivity contribution is 4.88. The average molecular weight is 224 g/mol. The number of rotatable bonds is 3. The van der Waals surface area contributed by atoms with Crippen molar-refractivity contribution in [2.75, 3.05) is 19.6 Å². The molecule has 0 aromatic carbocycles. The zero-order valence-electron chi connectivity index (χ0n) is 11.3. The van der Waals surface area contributed by atoms with E-state index in [2.05, 4.69) is 31.0 Å². The number of hydrogen-bond acceptors (Lipinski definition) is 2. The summed E-state index contributed by atoms with van der Waals surface area (Å²) in [4.78, 5) is 2.73. The van der Waals surface area contributed by atoms with Crippen LogP contribution < -0.4 is 5.32 Å². The van der Waals surface area contributed by atoms with Gasteiger partial charge in [0.25, 0.3) is 0 Å². The molecule has 1 aliphatic heterocycles. The molecule has 1 heterocycles. The van der Waals surface area contributed by atoms with E-state index in [0.717, 1.165) is 18.6 Å². The van der Waals surface area contributed by atoms with Crippen LogP contribution in [0, 0.1) is 5.41 Å². The zero-order valence-corrected chi connectivity index (χ0v) is 11.3. The molecule has 0 aromatic heterocycles. The van der Waals surface area contributed by atoms with Crippen LogP contribution in [0.2, 0.25) is 0 Å². The zero-order chi connectivity index (χ0) is 11.6. The van der Waals surface area contributed by atoms with Crippen molar-refractivity contribution in [2.24, 2.45) is 5.41 Å². The molecule has 1 N–H and O–H groups in total.